The maximum Gasteiger partial charge on any atom is 0.239 e. The van der Waals surface area contributed by atoms with Gasteiger partial charge in [-0.3, -0.25) is 14.5 Å². The third-order valence-electron chi connectivity index (χ3n) is 5.31. The number of carbonyl (C=O) groups is 2. The molecule has 0 spiro atoms. The summed E-state index contributed by atoms with van der Waals surface area (Å²) in [6, 6.07) is 1.84. The van der Waals surface area contributed by atoms with Crippen LogP contribution >= 0.6 is 11.3 Å². The largest absolute Gasteiger partial charge is 0.344 e. The second-order valence-corrected chi connectivity index (χ2v) is 8.17. The van der Waals surface area contributed by atoms with Crippen LogP contribution in [0.15, 0.2) is 12.1 Å². The lowest BCUT2D eigenvalue weighted by molar-refractivity contribution is -0.133. The second-order valence-electron chi connectivity index (χ2n) is 7.14. The number of nitrogens with zero attached hydrogens (tertiary/aromatic N) is 3. The molecule has 4 rings (SSSR count). The Morgan fingerprint density at radius 3 is 2.85 bits per heavy atom. The molecule has 3 heterocycles. The maximum absolute atomic E-state index is 13.8. The number of halogens is 2. The lowest BCUT2D eigenvalue weighted by atomic mass is 9.95. The van der Waals surface area contributed by atoms with Gasteiger partial charge in [-0.1, -0.05) is 11.3 Å². The van der Waals surface area contributed by atoms with Gasteiger partial charge in [0.15, 0.2) is 10.9 Å². The average molecular weight is 394 g/mol. The molecule has 9 heteroatoms. The summed E-state index contributed by atoms with van der Waals surface area (Å²) in [6.07, 6.45) is 2.35. The first-order valence-electron chi connectivity index (χ1n) is 8.98. The molecule has 27 heavy (non-hydrogen) atoms. The van der Waals surface area contributed by atoms with Crippen LogP contribution in [0.2, 0.25) is 0 Å². The summed E-state index contributed by atoms with van der Waals surface area (Å²) in [5.41, 5.74) is 0.0570. The topological polar surface area (TPSA) is 65.5 Å². The summed E-state index contributed by atoms with van der Waals surface area (Å²) in [4.78, 5) is 32.8. The lowest BCUT2D eigenvalue weighted by Gasteiger charge is -2.35. The normalized spacial score (nSPS) is 24.0. The van der Waals surface area contributed by atoms with Gasteiger partial charge in [-0.15, -0.1) is 0 Å². The molecule has 2 fully saturated rings. The minimum Gasteiger partial charge on any atom is -0.344 e. The molecule has 0 bridgehead atoms. The molecule has 2 unspecified atom stereocenters. The van der Waals surface area contributed by atoms with Crippen molar-refractivity contribution in [3.05, 3.63) is 23.8 Å². The fourth-order valence-corrected chi connectivity index (χ4v) is 4.77. The van der Waals surface area contributed by atoms with Gasteiger partial charge in [0.2, 0.25) is 11.8 Å². The van der Waals surface area contributed by atoms with E-state index < -0.39 is 11.6 Å². The van der Waals surface area contributed by atoms with E-state index in [-0.39, 0.29) is 34.4 Å². The monoisotopic (exact) mass is 394 g/mol. The van der Waals surface area contributed by atoms with Crippen molar-refractivity contribution >= 4 is 38.5 Å². The Bertz CT molecular complexity index is 903. The molecule has 2 saturated heterocycles. The summed E-state index contributed by atoms with van der Waals surface area (Å²) in [5.74, 6) is -1.76. The smallest absolute Gasteiger partial charge is 0.239 e. The number of anilines is 1. The highest BCUT2D eigenvalue weighted by Crippen LogP contribution is 2.30. The van der Waals surface area contributed by atoms with Crippen LogP contribution < -0.4 is 5.32 Å². The number of amides is 2. The first kappa shape index (κ1) is 18.2. The van der Waals surface area contributed by atoms with Crippen LogP contribution in [0.4, 0.5) is 13.9 Å². The Labute approximate surface area is 159 Å². The molecule has 2 aliphatic heterocycles. The van der Waals surface area contributed by atoms with Crippen LogP contribution in [0.3, 0.4) is 0 Å². The van der Waals surface area contributed by atoms with Crippen molar-refractivity contribution in [2.24, 2.45) is 5.92 Å². The van der Waals surface area contributed by atoms with E-state index in [0.29, 0.717) is 11.2 Å². The van der Waals surface area contributed by atoms with Gasteiger partial charge in [0.05, 0.1) is 16.7 Å². The van der Waals surface area contributed by atoms with E-state index in [0.717, 1.165) is 49.8 Å². The van der Waals surface area contributed by atoms with E-state index in [1.165, 1.54) is 6.07 Å². The Morgan fingerprint density at radius 2 is 2.11 bits per heavy atom. The third-order valence-corrected chi connectivity index (χ3v) is 6.22. The molecule has 0 saturated carbocycles. The van der Waals surface area contributed by atoms with E-state index in [4.69, 9.17) is 0 Å². The summed E-state index contributed by atoms with van der Waals surface area (Å²) in [7, 11) is 1.80. The zero-order chi connectivity index (χ0) is 19.1. The Kier molecular flexibility index (Phi) is 4.81. The Hall–Kier alpha value is -2.13. The number of likely N-dealkylation sites (N-methyl/N-ethyl adjacent to an activating group) is 1. The quantitative estimate of drug-likeness (QED) is 0.869. The lowest BCUT2D eigenvalue weighted by Crippen LogP contribution is -2.48. The van der Waals surface area contributed by atoms with Gasteiger partial charge in [0.1, 0.15) is 11.3 Å². The first-order chi connectivity index (χ1) is 12.9. The van der Waals surface area contributed by atoms with Gasteiger partial charge in [-0.2, -0.15) is 0 Å². The summed E-state index contributed by atoms with van der Waals surface area (Å²) in [6.45, 7) is 2.06. The first-order valence-corrected chi connectivity index (χ1v) is 9.79. The molecule has 1 aromatic heterocycles. The Balaban J connectivity index is 1.45. The van der Waals surface area contributed by atoms with Gasteiger partial charge in [0.25, 0.3) is 0 Å². The minimum absolute atomic E-state index is 0.0570. The molecule has 2 aliphatic rings. The number of likely N-dealkylation sites (tertiary alicyclic amines) is 2. The van der Waals surface area contributed by atoms with Gasteiger partial charge in [0, 0.05) is 26.2 Å². The van der Waals surface area contributed by atoms with Crippen molar-refractivity contribution in [2.45, 2.75) is 25.3 Å². The Morgan fingerprint density at radius 1 is 1.30 bits per heavy atom. The van der Waals surface area contributed by atoms with Crippen molar-refractivity contribution in [2.75, 3.05) is 32.0 Å². The molecule has 0 radical (unpaired) electrons. The van der Waals surface area contributed by atoms with Crippen LogP contribution in [0.25, 0.3) is 10.2 Å². The minimum atomic E-state index is -0.741. The number of hydrogen-bond donors (Lipinski definition) is 1. The van der Waals surface area contributed by atoms with Crippen LogP contribution in [-0.4, -0.2) is 59.3 Å². The van der Waals surface area contributed by atoms with Crippen molar-refractivity contribution < 1.29 is 18.4 Å². The number of thiazole rings is 1. The van der Waals surface area contributed by atoms with E-state index in [2.05, 4.69) is 15.2 Å². The highest BCUT2D eigenvalue weighted by Gasteiger charge is 2.37. The van der Waals surface area contributed by atoms with Crippen LogP contribution in [0.1, 0.15) is 19.3 Å². The molecule has 2 atom stereocenters. The maximum atomic E-state index is 13.8. The van der Waals surface area contributed by atoms with Crippen LogP contribution in [0, 0.1) is 17.6 Å². The molecule has 6 nitrogen and oxygen atoms in total. The molecule has 0 aliphatic carbocycles. The van der Waals surface area contributed by atoms with Crippen molar-refractivity contribution in [3.8, 4) is 0 Å². The van der Waals surface area contributed by atoms with E-state index in [1.54, 1.807) is 11.9 Å². The van der Waals surface area contributed by atoms with Crippen molar-refractivity contribution in [1.82, 2.24) is 14.8 Å². The average Bonchev–Trinajstić information content (AvgIpc) is 3.18. The van der Waals surface area contributed by atoms with Crippen LogP contribution in [0.5, 0.6) is 0 Å². The molecule has 144 valence electrons. The summed E-state index contributed by atoms with van der Waals surface area (Å²) >= 11 is 1.05. The second kappa shape index (κ2) is 7.12. The molecular weight excluding hydrogens is 374 g/mol. The summed E-state index contributed by atoms with van der Waals surface area (Å²) in [5, 5.41) is 2.99. The number of piperidine rings is 1. The standard InChI is InChI=1S/C18H20F2N4O2S/c1-23-6-4-13(17(23)26)24-5-2-3-10(9-24)16(25)22-18-21-15-12(20)7-11(19)8-14(15)27-18/h7-8,10,13H,2-6,9H2,1H3,(H,21,22,25). The predicted molar refractivity (Wildman–Crippen MR) is 98.5 cm³/mol. The highest BCUT2D eigenvalue weighted by molar-refractivity contribution is 7.22. The zero-order valence-corrected chi connectivity index (χ0v) is 15.7. The number of fused-ring (bicyclic) bond motifs is 1. The van der Waals surface area contributed by atoms with Gasteiger partial charge >= 0.3 is 0 Å². The van der Waals surface area contributed by atoms with Gasteiger partial charge < -0.3 is 10.2 Å². The molecule has 1 aromatic carbocycles. The number of aromatic nitrogens is 1. The summed E-state index contributed by atoms with van der Waals surface area (Å²) < 4.78 is 27.5. The fraction of sp³-hybridized carbons (Fsp3) is 0.500. The number of nitrogens with one attached hydrogen (secondary N) is 1. The number of carbonyl (C=O) groups excluding carboxylic acids is 2. The molecule has 2 aromatic rings. The number of hydrogen-bond acceptors (Lipinski definition) is 5. The van der Waals surface area contributed by atoms with Gasteiger partial charge in [-0.25, -0.2) is 13.8 Å². The van der Waals surface area contributed by atoms with Gasteiger partial charge in [-0.05, 0) is 31.9 Å². The van der Waals surface area contributed by atoms with E-state index in [9.17, 15) is 18.4 Å². The number of rotatable bonds is 3. The number of benzene rings is 1. The third kappa shape index (κ3) is 3.53. The van der Waals surface area contributed by atoms with E-state index in [1.807, 2.05) is 0 Å². The molecule has 1 N–H and O–H groups in total. The predicted octanol–water partition coefficient (Wildman–Crippen LogP) is 2.46. The van der Waals surface area contributed by atoms with Crippen molar-refractivity contribution in [1.29, 1.82) is 0 Å². The molecular formula is C18H20F2N4O2S. The zero-order valence-electron chi connectivity index (χ0n) is 14.9. The highest BCUT2D eigenvalue weighted by atomic mass is 32.1. The SMILES string of the molecule is CN1CCC(N2CCCC(C(=O)Nc3nc4c(F)cc(F)cc4s3)C2)C1=O. The van der Waals surface area contributed by atoms with Crippen LogP contribution in [-0.2, 0) is 9.59 Å². The van der Waals surface area contributed by atoms with Crippen molar-refractivity contribution in [3.63, 3.8) is 0 Å². The fourth-order valence-electron chi connectivity index (χ4n) is 3.86. The molecule has 2 amide bonds. The van der Waals surface area contributed by atoms with E-state index >= 15 is 0 Å².